The molecule has 2 aliphatic carbocycles. The van der Waals surface area contributed by atoms with E-state index in [1.54, 1.807) is 0 Å². The third-order valence-electron chi connectivity index (χ3n) is 5.14. The van der Waals surface area contributed by atoms with E-state index in [9.17, 15) is 15.0 Å². The molecule has 0 spiro atoms. The summed E-state index contributed by atoms with van der Waals surface area (Å²) in [6.45, 7) is 5.81. The molecule has 0 aliphatic heterocycles. The van der Waals surface area contributed by atoms with Gasteiger partial charge in [0, 0.05) is 12.8 Å². The fourth-order valence-electron chi connectivity index (χ4n) is 3.34. The Morgan fingerprint density at radius 3 is 2.38 bits per heavy atom. The van der Waals surface area contributed by atoms with Gasteiger partial charge >= 0.3 is 0 Å². The lowest BCUT2D eigenvalue weighted by Gasteiger charge is -2.50. The molecule has 3 heteroatoms. The third kappa shape index (κ3) is 1.37. The van der Waals surface area contributed by atoms with Crippen molar-refractivity contribution in [3.63, 3.8) is 0 Å². The van der Waals surface area contributed by atoms with Gasteiger partial charge in [0.15, 0.2) is 0 Å². The maximum Gasteiger partial charge on any atom is 0.141 e. The van der Waals surface area contributed by atoms with Crippen LogP contribution >= 0.6 is 0 Å². The van der Waals surface area contributed by atoms with Crippen LogP contribution in [0.25, 0.3) is 0 Å². The van der Waals surface area contributed by atoms with Gasteiger partial charge in [0.2, 0.25) is 0 Å². The van der Waals surface area contributed by atoms with Crippen molar-refractivity contribution < 1.29 is 15.0 Å². The van der Waals surface area contributed by atoms with Crippen molar-refractivity contribution in [1.29, 1.82) is 0 Å². The van der Waals surface area contributed by atoms with Gasteiger partial charge in [0.1, 0.15) is 5.78 Å². The highest BCUT2D eigenvalue weighted by Crippen LogP contribution is 2.56. The van der Waals surface area contributed by atoms with Crippen molar-refractivity contribution in [2.45, 2.75) is 64.1 Å². The second kappa shape index (κ2) is 3.30. The fraction of sp³-hybridized carbons (Fsp3) is 0.923. The van der Waals surface area contributed by atoms with Crippen molar-refractivity contribution in [2.75, 3.05) is 0 Å². The van der Waals surface area contributed by atoms with Crippen LogP contribution in [0.3, 0.4) is 0 Å². The van der Waals surface area contributed by atoms with Gasteiger partial charge < -0.3 is 10.2 Å². The Balaban J connectivity index is 2.31. The first-order valence-corrected chi connectivity index (χ1v) is 6.22. The van der Waals surface area contributed by atoms with Gasteiger partial charge in [-0.05, 0) is 32.1 Å². The summed E-state index contributed by atoms with van der Waals surface area (Å²) in [7, 11) is 0. The molecule has 0 radical (unpaired) electrons. The molecule has 2 aliphatic rings. The number of carbonyl (C=O) groups excluding carboxylic acids is 1. The van der Waals surface area contributed by atoms with Gasteiger partial charge in [0.05, 0.1) is 16.6 Å². The predicted octanol–water partition coefficient (Wildman–Crippen LogP) is 1.66. The minimum Gasteiger partial charge on any atom is -0.390 e. The quantitative estimate of drug-likeness (QED) is 0.715. The highest BCUT2D eigenvalue weighted by atomic mass is 16.3. The van der Waals surface area contributed by atoms with E-state index in [4.69, 9.17) is 0 Å². The zero-order valence-corrected chi connectivity index (χ0v) is 10.4. The van der Waals surface area contributed by atoms with Crippen molar-refractivity contribution >= 4 is 5.78 Å². The summed E-state index contributed by atoms with van der Waals surface area (Å²) in [5.74, 6) is 0.289. The minimum absolute atomic E-state index is 0.122. The van der Waals surface area contributed by atoms with Crippen LogP contribution in [0, 0.1) is 11.3 Å². The summed E-state index contributed by atoms with van der Waals surface area (Å²) in [4.78, 5) is 11.9. The highest BCUT2D eigenvalue weighted by molar-refractivity contribution is 5.88. The van der Waals surface area contributed by atoms with Crippen LogP contribution in [-0.2, 0) is 4.79 Å². The largest absolute Gasteiger partial charge is 0.390 e. The Hall–Kier alpha value is -0.410. The molecule has 16 heavy (non-hydrogen) atoms. The lowest BCUT2D eigenvalue weighted by molar-refractivity contribution is -0.176. The fourth-order valence-corrected chi connectivity index (χ4v) is 3.34. The Labute approximate surface area is 96.9 Å². The van der Waals surface area contributed by atoms with Gasteiger partial charge in [0.25, 0.3) is 0 Å². The van der Waals surface area contributed by atoms with E-state index in [2.05, 4.69) is 0 Å². The van der Waals surface area contributed by atoms with E-state index in [0.717, 1.165) is 0 Å². The third-order valence-corrected chi connectivity index (χ3v) is 5.14. The van der Waals surface area contributed by atoms with Crippen LogP contribution in [0.1, 0.15) is 52.9 Å². The predicted molar refractivity (Wildman–Crippen MR) is 60.9 cm³/mol. The number of aliphatic hydroxyl groups is 2. The first-order valence-electron chi connectivity index (χ1n) is 6.22. The molecule has 2 N–H and O–H groups in total. The summed E-state index contributed by atoms with van der Waals surface area (Å²) < 4.78 is 0. The van der Waals surface area contributed by atoms with Crippen LogP contribution in [0.4, 0.5) is 0 Å². The Kier molecular flexibility index (Phi) is 2.48. The van der Waals surface area contributed by atoms with Gasteiger partial charge in [-0.2, -0.15) is 0 Å². The van der Waals surface area contributed by atoms with Crippen LogP contribution < -0.4 is 0 Å². The standard InChI is InChI=1S/C13H22O3/c1-9(2)12(15)7-6-11(3)10(14)4-5-13(11,16)8-12/h9,15-16H,4-8H2,1-3H3. The molecule has 0 saturated heterocycles. The lowest BCUT2D eigenvalue weighted by Crippen LogP contribution is -2.57. The van der Waals surface area contributed by atoms with Gasteiger partial charge in [-0.3, -0.25) is 4.79 Å². The summed E-state index contributed by atoms with van der Waals surface area (Å²) in [5, 5.41) is 21.1. The summed E-state index contributed by atoms with van der Waals surface area (Å²) in [6.07, 6.45) is 2.55. The number of hydrogen-bond acceptors (Lipinski definition) is 3. The smallest absolute Gasteiger partial charge is 0.141 e. The number of hydrogen-bond donors (Lipinski definition) is 2. The number of fused-ring (bicyclic) bond motifs is 1. The van der Waals surface area contributed by atoms with Crippen LogP contribution in [-0.4, -0.2) is 27.2 Å². The zero-order chi connectivity index (χ0) is 12.2. The van der Waals surface area contributed by atoms with E-state index in [0.29, 0.717) is 32.1 Å². The van der Waals surface area contributed by atoms with Crippen molar-refractivity contribution in [2.24, 2.45) is 11.3 Å². The Bertz CT molecular complexity index is 325. The van der Waals surface area contributed by atoms with E-state index in [1.807, 2.05) is 20.8 Å². The molecule has 0 heterocycles. The molecule has 92 valence electrons. The molecule has 2 rings (SSSR count). The SMILES string of the molecule is CC(C)C1(O)CCC2(C)C(=O)CCC2(O)C1. The first-order chi connectivity index (χ1) is 7.24. The Morgan fingerprint density at radius 1 is 1.19 bits per heavy atom. The van der Waals surface area contributed by atoms with Gasteiger partial charge in [-0.1, -0.05) is 13.8 Å². The van der Waals surface area contributed by atoms with Crippen LogP contribution in [0.2, 0.25) is 0 Å². The van der Waals surface area contributed by atoms with Gasteiger partial charge in [-0.15, -0.1) is 0 Å². The van der Waals surface area contributed by atoms with E-state index < -0.39 is 16.6 Å². The molecule has 3 unspecified atom stereocenters. The number of rotatable bonds is 1. The van der Waals surface area contributed by atoms with E-state index >= 15 is 0 Å². The second-order valence-corrected chi connectivity index (χ2v) is 6.22. The monoisotopic (exact) mass is 226 g/mol. The molecule has 0 bridgehead atoms. The molecule has 3 atom stereocenters. The molecule has 0 amide bonds. The minimum atomic E-state index is -0.985. The highest BCUT2D eigenvalue weighted by Gasteiger charge is 2.62. The van der Waals surface area contributed by atoms with E-state index in [-0.39, 0.29) is 11.7 Å². The molecule has 2 saturated carbocycles. The van der Waals surface area contributed by atoms with Crippen molar-refractivity contribution in [3.8, 4) is 0 Å². The zero-order valence-electron chi connectivity index (χ0n) is 10.4. The van der Waals surface area contributed by atoms with Crippen molar-refractivity contribution in [1.82, 2.24) is 0 Å². The molecule has 0 aromatic rings. The summed E-state index contributed by atoms with van der Waals surface area (Å²) in [5.41, 5.74) is -2.41. The maximum atomic E-state index is 11.9. The molecular weight excluding hydrogens is 204 g/mol. The summed E-state index contributed by atoms with van der Waals surface area (Å²) >= 11 is 0. The summed E-state index contributed by atoms with van der Waals surface area (Å²) in [6, 6.07) is 0. The molecule has 2 fully saturated rings. The number of carbonyl (C=O) groups is 1. The molecular formula is C13H22O3. The molecule has 0 aromatic carbocycles. The van der Waals surface area contributed by atoms with Crippen molar-refractivity contribution in [3.05, 3.63) is 0 Å². The lowest BCUT2D eigenvalue weighted by atomic mass is 9.59. The topological polar surface area (TPSA) is 57.5 Å². The average Bonchev–Trinajstić information content (AvgIpc) is 2.41. The van der Waals surface area contributed by atoms with Gasteiger partial charge in [-0.25, -0.2) is 0 Å². The van der Waals surface area contributed by atoms with Crippen LogP contribution in [0.15, 0.2) is 0 Å². The second-order valence-electron chi connectivity index (χ2n) is 6.22. The van der Waals surface area contributed by atoms with Crippen LogP contribution in [0.5, 0.6) is 0 Å². The number of Topliss-reactive ketones (excluding diaryl/α,β-unsaturated/α-hetero) is 1. The molecule has 0 aromatic heterocycles. The number of ketones is 1. The maximum absolute atomic E-state index is 11.9. The van der Waals surface area contributed by atoms with E-state index in [1.165, 1.54) is 0 Å². The normalized spacial score (nSPS) is 48.5. The first kappa shape index (κ1) is 12.1. The average molecular weight is 226 g/mol. The Morgan fingerprint density at radius 2 is 1.81 bits per heavy atom. The molecule has 3 nitrogen and oxygen atoms in total.